The molecule has 2 aliphatic heterocycles. The SMILES string of the molecule is CC[C@]1(c2ccccc2)NC(=O)N(CC(=O)c2ccc3c(c2)CCCN3S(C)(=O)=O)C1=O. The molecular weight excluding hydrogens is 430 g/mol. The molecule has 2 heterocycles. The van der Waals surface area contributed by atoms with E-state index in [-0.39, 0.29) is 12.3 Å². The Labute approximate surface area is 187 Å². The molecule has 2 aromatic rings. The van der Waals surface area contributed by atoms with Crippen molar-refractivity contribution in [2.45, 2.75) is 31.7 Å². The van der Waals surface area contributed by atoms with Gasteiger partial charge in [-0.2, -0.15) is 0 Å². The largest absolute Gasteiger partial charge is 0.325 e. The van der Waals surface area contributed by atoms with Crippen molar-refractivity contribution in [3.05, 3.63) is 65.2 Å². The number of urea groups is 1. The number of nitrogens with one attached hydrogen (secondary N) is 1. The highest BCUT2D eigenvalue weighted by molar-refractivity contribution is 7.92. The van der Waals surface area contributed by atoms with Gasteiger partial charge in [-0.1, -0.05) is 37.3 Å². The van der Waals surface area contributed by atoms with E-state index in [2.05, 4.69) is 5.32 Å². The lowest BCUT2D eigenvalue weighted by Crippen LogP contribution is -2.43. The summed E-state index contributed by atoms with van der Waals surface area (Å²) in [7, 11) is -3.41. The lowest BCUT2D eigenvalue weighted by Gasteiger charge is -2.29. The molecule has 1 N–H and O–H groups in total. The summed E-state index contributed by atoms with van der Waals surface area (Å²) < 4.78 is 25.4. The second kappa shape index (κ2) is 8.05. The van der Waals surface area contributed by atoms with Crippen LogP contribution < -0.4 is 9.62 Å². The fourth-order valence-electron chi connectivity index (χ4n) is 4.45. The number of fused-ring (bicyclic) bond motifs is 1. The predicted molar refractivity (Wildman–Crippen MR) is 120 cm³/mol. The van der Waals surface area contributed by atoms with Crippen LogP contribution in [-0.2, 0) is 26.8 Å². The number of Topliss-reactive ketones (excluding diaryl/α,β-unsaturated/α-hetero) is 1. The van der Waals surface area contributed by atoms with E-state index in [1.165, 1.54) is 4.31 Å². The highest BCUT2D eigenvalue weighted by atomic mass is 32.2. The summed E-state index contributed by atoms with van der Waals surface area (Å²) >= 11 is 0. The smallest absolute Gasteiger partial charge is 0.319 e. The average molecular weight is 456 g/mol. The summed E-state index contributed by atoms with van der Waals surface area (Å²) in [5.74, 6) is -0.835. The molecule has 3 amide bonds. The van der Waals surface area contributed by atoms with Gasteiger partial charge in [0.25, 0.3) is 5.91 Å². The third-order valence-electron chi connectivity index (χ3n) is 6.15. The quantitative estimate of drug-likeness (QED) is 0.532. The molecule has 32 heavy (non-hydrogen) atoms. The molecule has 0 bridgehead atoms. The molecule has 1 fully saturated rings. The van der Waals surface area contributed by atoms with E-state index in [0.29, 0.717) is 42.6 Å². The summed E-state index contributed by atoms with van der Waals surface area (Å²) in [5.41, 5.74) is 1.15. The van der Waals surface area contributed by atoms with Gasteiger partial charge in [-0.25, -0.2) is 13.2 Å². The number of carbonyl (C=O) groups is 3. The Hall–Kier alpha value is -3.20. The standard InChI is InChI=1S/C23H25N3O5S/c1-3-23(18-9-5-4-6-10-18)21(28)25(22(29)24-23)15-20(27)17-11-12-19-16(14-17)8-7-13-26(19)32(2,30)31/h4-6,9-12,14H,3,7-8,13,15H2,1-2H3,(H,24,29)/t23-/m1/s1. The third kappa shape index (κ3) is 3.66. The minimum Gasteiger partial charge on any atom is -0.319 e. The number of rotatable bonds is 6. The van der Waals surface area contributed by atoms with E-state index >= 15 is 0 Å². The Bertz CT molecular complexity index is 1200. The summed E-state index contributed by atoms with van der Waals surface area (Å²) in [5, 5.41) is 2.77. The van der Waals surface area contributed by atoms with E-state index in [0.717, 1.165) is 16.7 Å². The number of hydrogen-bond acceptors (Lipinski definition) is 5. The molecule has 0 aromatic heterocycles. The molecule has 2 aromatic carbocycles. The van der Waals surface area contributed by atoms with Crippen molar-refractivity contribution in [3.8, 4) is 0 Å². The van der Waals surface area contributed by atoms with Crippen molar-refractivity contribution in [1.29, 1.82) is 0 Å². The minimum absolute atomic E-state index is 0.341. The number of aryl methyl sites for hydroxylation is 1. The normalized spacial score (nSPS) is 20.8. The fraction of sp³-hybridized carbons (Fsp3) is 0.348. The van der Waals surface area contributed by atoms with Gasteiger partial charge < -0.3 is 5.32 Å². The first-order valence-electron chi connectivity index (χ1n) is 10.5. The molecule has 4 rings (SSSR count). The van der Waals surface area contributed by atoms with Crippen LogP contribution >= 0.6 is 0 Å². The first-order valence-corrected chi connectivity index (χ1v) is 12.4. The van der Waals surface area contributed by atoms with Gasteiger partial charge >= 0.3 is 6.03 Å². The van der Waals surface area contributed by atoms with E-state index < -0.39 is 27.5 Å². The predicted octanol–water partition coefficient (Wildman–Crippen LogP) is 2.44. The van der Waals surface area contributed by atoms with Crippen LogP contribution in [0, 0.1) is 0 Å². The maximum absolute atomic E-state index is 13.2. The molecule has 9 heteroatoms. The van der Waals surface area contributed by atoms with Gasteiger partial charge in [0.1, 0.15) is 5.54 Å². The maximum atomic E-state index is 13.2. The molecule has 168 valence electrons. The van der Waals surface area contributed by atoms with Crippen LogP contribution in [0.25, 0.3) is 0 Å². The molecule has 0 spiro atoms. The van der Waals surface area contributed by atoms with Crippen LogP contribution in [0.5, 0.6) is 0 Å². The number of amides is 3. The zero-order chi connectivity index (χ0) is 23.1. The Morgan fingerprint density at radius 1 is 1.12 bits per heavy atom. The summed E-state index contributed by atoms with van der Waals surface area (Å²) in [6, 6.07) is 13.2. The number of anilines is 1. The Morgan fingerprint density at radius 2 is 1.84 bits per heavy atom. The summed E-state index contributed by atoms with van der Waals surface area (Å²) in [4.78, 5) is 39.8. The van der Waals surface area contributed by atoms with Crippen LogP contribution in [0.2, 0.25) is 0 Å². The molecule has 0 radical (unpaired) electrons. The maximum Gasteiger partial charge on any atom is 0.325 e. The van der Waals surface area contributed by atoms with Crippen LogP contribution in [0.4, 0.5) is 10.5 Å². The van der Waals surface area contributed by atoms with Crippen molar-refractivity contribution < 1.29 is 22.8 Å². The van der Waals surface area contributed by atoms with E-state index in [4.69, 9.17) is 0 Å². The molecule has 0 saturated carbocycles. The fourth-order valence-corrected chi connectivity index (χ4v) is 5.44. The topological polar surface area (TPSA) is 104 Å². The van der Waals surface area contributed by atoms with Crippen LogP contribution in [0.3, 0.4) is 0 Å². The van der Waals surface area contributed by atoms with Gasteiger partial charge in [0.05, 0.1) is 18.5 Å². The Kier molecular flexibility index (Phi) is 5.54. The molecule has 8 nitrogen and oxygen atoms in total. The Balaban J connectivity index is 1.58. The molecule has 0 aliphatic carbocycles. The number of sulfonamides is 1. The monoisotopic (exact) mass is 455 g/mol. The van der Waals surface area contributed by atoms with E-state index in [1.807, 2.05) is 13.0 Å². The third-order valence-corrected chi connectivity index (χ3v) is 7.33. The molecular formula is C23H25N3O5S. The van der Waals surface area contributed by atoms with E-state index in [9.17, 15) is 22.8 Å². The van der Waals surface area contributed by atoms with Gasteiger partial charge in [-0.05, 0) is 48.6 Å². The first kappa shape index (κ1) is 22.0. The zero-order valence-corrected chi connectivity index (χ0v) is 18.8. The first-order chi connectivity index (χ1) is 15.2. The van der Waals surface area contributed by atoms with Crippen molar-refractivity contribution in [3.63, 3.8) is 0 Å². The van der Waals surface area contributed by atoms with Crippen LogP contribution in [0.15, 0.2) is 48.5 Å². The second-order valence-corrected chi connectivity index (χ2v) is 10.1. The van der Waals surface area contributed by atoms with Crippen LogP contribution in [-0.4, -0.2) is 50.4 Å². The van der Waals surface area contributed by atoms with Crippen molar-refractivity contribution in [2.24, 2.45) is 0 Å². The van der Waals surface area contributed by atoms with Crippen molar-refractivity contribution in [2.75, 3.05) is 23.7 Å². The number of hydrogen-bond donors (Lipinski definition) is 1. The number of imide groups is 1. The number of carbonyl (C=O) groups excluding carboxylic acids is 3. The highest BCUT2D eigenvalue weighted by Gasteiger charge is 2.51. The minimum atomic E-state index is -3.41. The van der Waals surface area contributed by atoms with Gasteiger partial charge in [0.15, 0.2) is 5.78 Å². The van der Waals surface area contributed by atoms with Gasteiger partial charge in [0.2, 0.25) is 10.0 Å². The van der Waals surface area contributed by atoms with E-state index in [1.54, 1.807) is 42.5 Å². The van der Waals surface area contributed by atoms with Crippen molar-refractivity contribution in [1.82, 2.24) is 10.2 Å². The molecule has 1 atom stereocenters. The molecule has 2 aliphatic rings. The Morgan fingerprint density at radius 3 is 2.50 bits per heavy atom. The van der Waals surface area contributed by atoms with Gasteiger partial charge in [0, 0.05) is 12.1 Å². The second-order valence-electron chi connectivity index (χ2n) is 8.15. The zero-order valence-electron chi connectivity index (χ0n) is 18.0. The lowest BCUT2D eigenvalue weighted by molar-refractivity contribution is -0.131. The number of ketones is 1. The summed E-state index contributed by atoms with van der Waals surface area (Å²) in [6.07, 6.45) is 2.82. The van der Waals surface area contributed by atoms with Gasteiger partial charge in [-0.3, -0.25) is 18.8 Å². The number of benzene rings is 2. The van der Waals surface area contributed by atoms with Crippen LogP contribution in [0.1, 0.15) is 41.3 Å². The van der Waals surface area contributed by atoms with Crippen molar-refractivity contribution >= 4 is 33.4 Å². The molecule has 0 unspecified atom stereocenters. The highest BCUT2D eigenvalue weighted by Crippen LogP contribution is 2.33. The average Bonchev–Trinajstić information content (AvgIpc) is 3.03. The summed E-state index contributed by atoms with van der Waals surface area (Å²) in [6.45, 7) is 1.83. The number of nitrogens with zero attached hydrogens (tertiary/aromatic N) is 2. The van der Waals surface area contributed by atoms with Gasteiger partial charge in [-0.15, -0.1) is 0 Å². The molecule has 1 saturated heterocycles. The lowest BCUT2D eigenvalue weighted by atomic mass is 9.87.